The normalized spacial score (nSPS) is 17.9. The number of amides is 1. The van der Waals surface area contributed by atoms with Crippen molar-refractivity contribution in [3.8, 4) is 0 Å². The molecule has 1 aliphatic heterocycles. The van der Waals surface area contributed by atoms with Gasteiger partial charge in [0.15, 0.2) is 0 Å². The Labute approximate surface area is 168 Å². The standard InChI is InChI=1S/C19H15N3O8/c23-10-9-20-16(11-1-5-13(6-2-11)21(27)28)15(18(25)19(20)26)17(24)12-3-7-14(8-4-12)22(29)30/h1-8,16,23-24H,9-10H2/t16-/m1/s1. The molecule has 2 N–H and O–H groups in total. The molecule has 2 aromatic rings. The first-order valence-corrected chi connectivity index (χ1v) is 8.64. The van der Waals surface area contributed by atoms with E-state index in [1.54, 1.807) is 0 Å². The van der Waals surface area contributed by atoms with Crippen LogP contribution in [0.3, 0.4) is 0 Å². The van der Waals surface area contributed by atoms with Crippen LogP contribution in [0.1, 0.15) is 17.2 Å². The van der Waals surface area contributed by atoms with Crippen molar-refractivity contribution < 1.29 is 29.6 Å². The number of carbonyl (C=O) groups is 2. The Morgan fingerprint density at radius 3 is 1.90 bits per heavy atom. The van der Waals surface area contributed by atoms with Crippen LogP contribution in [0.5, 0.6) is 0 Å². The molecule has 30 heavy (non-hydrogen) atoms. The number of hydrogen-bond acceptors (Lipinski definition) is 8. The van der Waals surface area contributed by atoms with Gasteiger partial charge in [-0.3, -0.25) is 29.8 Å². The molecule has 1 aliphatic rings. The molecule has 1 fully saturated rings. The third kappa shape index (κ3) is 3.61. The van der Waals surface area contributed by atoms with E-state index in [-0.39, 0.29) is 29.1 Å². The Morgan fingerprint density at radius 2 is 1.43 bits per heavy atom. The van der Waals surface area contributed by atoms with Gasteiger partial charge in [0.2, 0.25) is 0 Å². The maximum Gasteiger partial charge on any atom is 0.295 e. The predicted molar refractivity (Wildman–Crippen MR) is 102 cm³/mol. The Hall–Kier alpha value is -4.12. The Bertz CT molecular complexity index is 1060. The number of nitro groups is 2. The fourth-order valence-electron chi connectivity index (χ4n) is 3.24. The molecule has 0 aromatic heterocycles. The van der Waals surface area contributed by atoms with E-state index in [1.807, 2.05) is 0 Å². The number of benzene rings is 2. The average Bonchev–Trinajstić information content (AvgIpc) is 2.98. The van der Waals surface area contributed by atoms with Crippen LogP contribution in [0, 0.1) is 20.2 Å². The number of ketones is 1. The summed E-state index contributed by atoms with van der Waals surface area (Å²) in [7, 11) is 0. The summed E-state index contributed by atoms with van der Waals surface area (Å²) in [6.07, 6.45) is 0. The first kappa shape index (κ1) is 20.6. The zero-order chi connectivity index (χ0) is 22.0. The number of nitrogens with zero attached hydrogens (tertiary/aromatic N) is 3. The third-order valence-electron chi connectivity index (χ3n) is 4.65. The number of non-ortho nitro benzene ring substituents is 2. The second-order valence-corrected chi connectivity index (χ2v) is 6.37. The SMILES string of the molecule is O=C1C(=O)N(CCO)[C@H](c2ccc([N+](=O)[O-])cc2)C1=C(O)c1ccc([N+](=O)[O-])cc1. The molecule has 0 saturated carbocycles. The number of rotatable bonds is 6. The van der Waals surface area contributed by atoms with Crippen molar-refractivity contribution in [1.82, 2.24) is 4.90 Å². The largest absolute Gasteiger partial charge is 0.507 e. The van der Waals surface area contributed by atoms with E-state index in [0.717, 1.165) is 17.0 Å². The lowest BCUT2D eigenvalue weighted by Gasteiger charge is -2.24. The molecule has 1 saturated heterocycles. The molecular formula is C19H15N3O8. The topological polar surface area (TPSA) is 164 Å². The van der Waals surface area contributed by atoms with Crippen molar-refractivity contribution >= 4 is 28.8 Å². The van der Waals surface area contributed by atoms with Gasteiger partial charge < -0.3 is 15.1 Å². The molecule has 1 heterocycles. The highest BCUT2D eigenvalue weighted by Gasteiger charge is 2.45. The minimum Gasteiger partial charge on any atom is -0.507 e. The van der Waals surface area contributed by atoms with Gasteiger partial charge >= 0.3 is 0 Å². The molecule has 0 spiro atoms. The van der Waals surface area contributed by atoms with E-state index in [4.69, 9.17) is 0 Å². The van der Waals surface area contributed by atoms with Crippen molar-refractivity contribution in [2.75, 3.05) is 13.2 Å². The summed E-state index contributed by atoms with van der Waals surface area (Å²) in [5.41, 5.74) is -0.310. The lowest BCUT2D eigenvalue weighted by atomic mass is 9.95. The zero-order valence-electron chi connectivity index (χ0n) is 15.3. The summed E-state index contributed by atoms with van der Waals surface area (Å²) in [6, 6.07) is 8.75. The molecule has 3 rings (SSSR count). The number of nitro benzene ring substituents is 2. The van der Waals surface area contributed by atoms with E-state index in [1.165, 1.54) is 36.4 Å². The second-order valence-electron chi connectivity index (χ2n) is 6.37. The highest BCUT2D eigenvalue weighted by molar-refractivity contribution is 6.46. The van der Waals surface area contributed by atoms with Crippen LogP contribution in [0.4, 0.5) is 11.4 Å². The predicted octanol–water partition coefficient (Wildman–Crippen LogP) is 1.92. The van der Waals surface area contributed by atoms with Crippen LogP contribution in [-0.2, 0) is 9.59 Å². The van der Waals surface area contributed by atoms with Gasteiger partial charge in [-0.15, -0.1) is 0 Å². The zero-order valence-corrected chi connectivity index (χ0v) is 15.3. The molecule has 0 bridgehead atoms. The molecule has 154 valence electrons. The minimum atomic E-state index is -1.09. The summed E-state index contributed by atoms with van der Waals surface area (Å²) < 4.78 is 0. The molecule has 0 aliphatic carbocycles. The fourth-order valence-corrected chi connectivity index (χ4v) is 3.24. The number of hydrogen-bond donors (Lipinski definition) is 2. The van der Waals surface area contributed by atoms with Crippen molar-refractivity contribution in [3.05, 3.63) is 85.5 Å². The van der Waals surface area contributed by atoms with Crippen LogP contribution in [0.25, 0.3) is 5.76 Å². The van der Waals surface area contributed by atoms with Crippen molar-refractivity contribution in [2.24, 2.45) is 0 Å². The van der Waals surface area contributed by atoms with Gasteiger partial charge in [-0.05, 0) is 29.8 Å². The molecule has 11 heteroatoms. The third-order valence-corrected chi connectivity index (χ3v) is 4.65. The first-order chi connectivity index (χ1) is 14.3. The average molecular weight is 413 g/mol. The van der Waals surface area contributed by atoms with Crippen LogP contribution in [-0.4, -0.2) is 49.8 Å². The van der Waals surface area contributed by atoms with Gasteiger partial charge in [-0.1, -0.05) is 0 Å². The molecule has 2 aromatic carbocycles. The Balaban J connectivity index is 2.14. The quantitative estimate of drug-likeness (QED) is 0.238. The maximum absolute atomic E-state index is 12.6. The smallest absolute Gasteiger partial charge is 0.295 e. The molecular weight excluding hydrogens is 398 g/mol. The number of carbonyl (C=O) groups excluding carboxylic acids is 2. The van der Waals surface area contributed by atoms with Gasteiger partial charge in [0.25, 0.3) is 23.1 Å². The van der Waals surface area contributed by atoms with Crippen molar-refractivity contribution in [2.45, 2.75) is 6.04 Å². The number of likely N-dealkylation sites (tertiary alicyclic amines) is 1. The van der Waals surface area contributed by atoms with Crippen LogP contribution < -0.4 is 0 Å². The van der Waals surface area contributed by atoms with E-state index in [9.17, 15) is 40.0 Å². The molecule has 11 nitrogen and oxygen atoms in total. The van der Waals surface area contributed by atoms with E-state index in [0.29, 0.717) is 5.56 Å². The highest BCUT2D eigenvalue weighted by atomic mass is 16.6. The minimum absolute atomic E-state index is 0.0783. The second kappa shape index (κ2) is 8.09. The molecule has 1 amide bonds. The summed E-state index contributed by atoms with van der Waals surface area (Å²) in [5, 5.41) is 41.7. The van der Waals surface area contributed by atoms with Crippen LogP contribution in [0.2, 0.25) is 0 Å². The van der Waals surface area contributed by atoms with Crippen molar-refractivity contribution in [1.29, 1.82) is 0 Å². The van der Waals surface area contributed by atoms with E-state index in [2.05, 4.69) is 0 Å². The molecule has 0 unspecified atom stereocenters. The van der Waals surface area contributed by atoms with Crippen LogP contribution >= 0.6 is 0 Å². The summed E-state index contributed by atoms with van der Waals surface area (Å²) in [5.74, 6) is -2.49. The van der Waals surface area contributed by atoms with Gasteiger partial charge in [-0.25, -0.2) is 0 Å². The van der Waals surface area contributed by atoms with Gasteiger partial charge in [0, 0.05) is 36.4 Å². The lowest BCUT2D eigenvalue weighted by Crippen LogP contribution is -2.32. The monoisotopic (exact) mass is 413 g/mol. The number of Topliss-reactive ketones (excluding diaryl/α,β-unsaturated/α-hetero) is 1. The number of aliphatic hydroxyl groups is 2. The number of β-amino-alcohol motifs (C(OH)–C–C–N with tert-alkyl or cyclic N) is 1. The van der Waals surface area contributed by atoms with Crippen molar-refractivity contribution in [3.63, 3.8) is 0 Å². The Kier molecular flexibility index (Phi) is 5.56. The first-order valence-electron chi connectivity index (χ1n) is 8.64. The summed E-state index contributed by atoms with van der Waals surface area (Å²) >= 11 is 0. The van der Waals surface area contributed by atoms with Gasteiger partial charge in [-0.2, -0.15) is 0 Å². The lowest BCUT2D eigenvalue weighted by molar-refractivity contribution is -0.385. The highest BCUT2D eigenvalue weighted by Crippen LogP contribution is 2.39. The van der Waals surface area contributed by atoms with E-state index >= 15 is 0 Å². The fraction of sp³-hybridized carbons (Fsp3) is 0.158. The summed E-state index contributed by atoms with van der Waals surface area (Å²) in [6.45, 7) is -0.655. The number of aliphatic hydroxyl groups excluding tert-OH is 2. The maximum atomic E-state index is 12.6. The molecule has 1 atom stereocenters. The van der Waals surface area contributed by atoms with Gasteiger partial charge in [0.1, 0.15) is 5.76 Å². The van der Waals surface area contributed by atoms with E-state index < -0.39 is 39.9 Å². The molecule has 0 radical (unpaired) electrons. The van der Waals surface area contributed by atoms with Crippen LogP contribution in [0.15, 0.2) is 54.1 Å². The van der Waals surface area contributed by atoms with Gasteiger partial charge in [0.05, 0.1) is 28.1 Å². The Morgan fingerprint density at radius 1 is 0.933 bits per heavy atom. The summed E-state index contributed by atoms with van der Waals surface area (Å²) in [4.78, 5) is 46.6.